The zero-order valence-electron chi connectivity index (χ0n) is 12.2. The highest BCUT2D eigenvalue weighted by molar-refractivity contribution is 7.98. The van der Waals surface area contributed by atoms with Crippen LogP contribution < -0.4 is 10.3 Å². The smallest absolute Gasteiger partial charge is 0.258 e. The molecule has 112 valence electrons. The van der Waals surface area contributed by atoms with E-state index in [1.807, 2.05) is 42.5 Å². The van der Waals surface area contributed by atoms with E-state index in [1.54, 1.807) is 17.8 Å². The molecule has 1 N–H and O–H groups in total. The number of nitrogens with zero attached hydrogens (tertiary/aromatic N) is 1. The molecule has 1 heterocycles. The van der Waals surface area contributed by atoms with Gasteiger partial charge in [0.25, 0.3) is 5.56 Å². The molecule has 0 aliphatic carbocycles. The third-order valence-electron chi connectivity index (χ3n) is 3.15. The molecule has 0 saturated carbocycles. The summed E-state index contributed by atoms with van der Waals surface area (Å²) < 4.78 is 5.75. The molecular formula is C17H16N2O2S. The molecule has 0 aliphatic heterocycles. The number of para-hydroxylation sites is 1. The number of rotatable bonds is 5. The van der Waals surface area contributed by atoms with Gasteiger partial charge >= 0.3 is 0 Å². The van der Waals surface area contributed by atoms with Crippen LogP contribution in [0.5, 0.6) is 11.5 Å². The molecule has 0 saturated heterocycles. The fraction of sp³-hybridized carbons (Fsp3) is 0.176. The standard InChI is InChI=1S/C17H16N2O2S/c1-2-22-11-16-18-15-9-8-13(10-14(15)17(20)19-16)21-12-6-4-3-5-7-12/h3-10H,2,11H2,1H3,(H,18,19,20). The van der Waals surface area contributed by atoms with E-state index in [9.17, 15) is 4.79 Å². The monoisotopic (exact) mass is 312 g/mol. The summed E-state index contributed by atoms with van der Waals surface area (Å²) in [5, 5.41) is 0.540. The van der Waals surface area contributed by atoms with Crippen LogP contribution in [0.2, 0.25) is 0 Å². The molecular weight excluding hydrogens is 296 g/mol. The van der Waals surface area contributed by atoms with Gasteiger partial charge in [-0.2, -0.15) is 11.8 Å². The Hall–Kier alpha value is -2.27. The Morgan fingerprint density at radius 3 is 2.73 bits per heavy atom. The number of aromatic amines is 1. The summed E-state index contributed by atoms with van der Waals surface area (Å²) in [6, 6.07) is 14.9. The summed E-state index contributed by atoms with van der Waals surface area (Å²) in [4.78, 5) is 19.5. The van der Waals surface area contributed by atoms with Crippen molar-refractivity contribution in [3.63, 3.8) is 0 Å². The molecule has 0 radical (unpaired) electrons. The van der Waals surface area contributed by atoms with E-state index < -0.39 is 0 Å². The van der Waals surface area contributed by atoms with Gasteiger partial charge in [-0.3, -0.25) is 4.79 Å². The van der Waals surface area contributed by atoms with E-state index in [0.717, 1.165) is 11.5 Å². The summed E-state index contributed by atoms with van der Waals surface area (Å²) in [6.07, 6.45) is 0. The van der Waals surface area contributed by atoms with Crippen LogP contribution in [0.1, 0.15) is 12.7 Å². The minimum Gasteiger partial charge on any atom is -0.457 e. The zero-order chi connectivity index (χ0) is 15.4. The second-order valence-corrected chi connectivity index (χ2v) is 6.02. The van der Waals surface area contributed by atoms with Crippen LogP contribution in [0.4, 0.5) is 0 Å². The fourth-order valence-corrected chi connectivity index (χ4v) is 2.66. The van der Waals surface area contributed by atoms with Gasteiger partial charge in [0.15, 0.2) is 0 Å². The van der Waals surface area contributed by atoms with Crippen molar-refractivity contribution in [2.75, 3.05) is 5.75 Å². The van der Waals surface area contributed by atoms with E-state index in [0.29, 0.717) is 28.2 Å². The Morgan fingerprint density at radius 1 is 1.14 bits per heavy atom. The summed E-state index contributed by atoms with van der Waals surface area (Å²) in [5.41, 5.74) is 0.561. The van der Waals surface area contributed by atoms with E-state index in [-0.39, 0.29) is 5.56 Å². The Balaban J connectivity index is 1.93. The molecule has 3 rings (SSSR count). The molecule has 4 nitrogen and oxygen atoms in total. The number of benzene rings is 2. The number of aromatic nitrogens is 2. The van der Waals surface area contributed by atoms with E-state index in [4.69, 9.17) is 4.74 Å². The van der Waals surface area contributed by atoms with Gasteiger partial charge in [-0.05, 0) is 36.1 Å². The van der Waals surface area contributed by atoms with Gasteiger partial charge < -0.3 is 9.72 Å². The average molecular weight is 312 g/mol. The molecule has 1 aromatic heterocycles. The Bertz CT molecular complexity index is 831. The number of hydrogen-bond donors (Lipinski definition) is 1. The second-order valence-electron chi connectivity index (χ2n) is 4.74. The molecule has 0 unspecified atom stereocenters. The maximum Gasteiger partial charge on any atom is 0.258 e. The van der Waals surface area contributed by atoms with E-state index in [1.165, 1.54) is 0 Å². The summed E-state index contributed by atoms with van der Waals surface area (Å²) in [6.45, 7) is 2.08. The first kappa shape index (κ1) is 14.7. The first-order chi connectivity index (χ1) is 10.8. The number of H-pyrrole nitrogens is 1. The summed E-state index contributed by atoms with van der Waals surface area (Å²) >= 11 is 1.73. The Morgan fingerprint density at radius 2 is 1.95 bits per heavy atom. The van der Waals surface area contributed by atoms with Crippen LogP contribution in [0.25, 0.3) is 10.9 Å². The van der Waals surface area contributed by atoms with Crippen LogP contribution in [0.15, 0.2) is 53.3 Å². The van der Waals surface area contributed by atoms with Crippen LogP contribution in [-0.2, 0) is 5.75 Å². The van der Waals surface area contributed by atoms with Gasteiger partial charge in [-0.15, -0.1) is 0 Å². The largest absolute Gasteiger partial charge is 0.457 e. The van der Waals surface area contributed by atoms with Crippen LogP contribution in [0, 0.1) is 0 Å². The molecule has 0 amide bonds. The van der Waals surface area contributed by atoms with Crippen molar-refractivity contribution in [2.45, 2.75) is 12.7 Å². The average Bonchev–Trinajstić information content (AvgIpc) is 2.54. The highest BCUT2D eigenvalue weighted by atomic mass is 32.2. The van der Waals surface area contributed by atoms with Crippen molar-refractivity contribution in [3.8, 4) is 11.5 Å². The number of thioether (sulfide) groups is 1. The normalized spacial score (nSPS) is 10.8. The highest BCUT2D eigenvalue weighted by Gasteiger charge is 2.06. The summed E-state index contributed by atoms with van der Waals surface area (Å²) in [7, 11) is 0. The lowest BCUT2D eigenvalue weighted by atomic mass is 10.2. The van der Waals surface area contributed by atoms with Gasteiger partial charge in [0.2, 0.25) is 0 Å². The molecule has 0 atom stereocenters. The van der Waals surface area contributed by atoms with Crippen molar-refractivity contribution < 1.29 is 4.74 Å². The molecule has 0 fully saturated rings. The topological polar surface area (TPSA) is 55.0 Å². The Labute approximate surface area is 132 Å². The van der Waals surface area contributed by atoms with Gasteiger partial charge in [0.05, 0.1) is 16.7 Å². The second kappa shape index (κ2) is 6.66. The molecule has 22 heavy (non-hydrogen) atoms. The molecule has 0 aliphatic rings. The molecule has 3 aromatic rings. The lowest BCUT2D eigenvalue weighted by Gasteiger charge is -2.07. The van der Waals surface area contributed by atoms with Crippen LogP contribution in [0.3, 0.4) is 0 Å². The minimum absolute atomic E-state index is 0.129. The minimum atomic E-state index is -0.129. The third kappa shape index (κ3) is 3.31. The molecule has 2 aromatic carbocycles. The molecule has 0 bridgehead atoms. The van der Waals surface area contributed by atoms with Gasteiger partial charge in [-0.1, -0.05) is 25.1 Å². The van der Waals surface area contributed by atoms with Gasteiger partial charge in [0.1, 0.15) is 17.3 Å². The maximum atomic E-state index is 12.2. The quantitative estimate of drug-likeness (QED) is 0.774. The number of fused-ring (bicyclic) bond motifs is 1. The molecule has 5 heteroatoms. The lowest BCUT2D eigenvalue weighted by molar-refractivity contribution is 0.483. The third-order valence-corrected chi connectivity index (χ3v) is 4.03. The van der Waals surface area contributed by atoms with Crippen molar-refractivity contribution in [1.29, 1.82) is 0 Å². The highest BCUT2D eigenvalue weighted by Crippen LogP contribution is 2.23. The first-order valence-electron chi connectivity index (χ1n) is 7.10. The first-order valence-corrected chi connectivity index (χ1v) is 8.25. The SMILES string of the molecule is CCSCc1nc2ccc(Oc3ccccc3)cc2c(=O)[nH]1. The van der Waals surface area contributed by atoms with Crippen molar-refractivity contribution >= 4 is 22.7 Å². The number of ether oxygens (including phenoxy) is 1. The lowest BCUT2D eigenvalue weighted by Crippen LogP contribution is -2.11. The predicted octanol–water partition coefficient (Wildman–Crippen LogP) is 3.97. The molecule has 0 spiro atoms. The van der Waals surface area contributed by atoms with E-state index in [2.05, 4.69) is 16.9 Å². The predicted molar refractivity (Wildman–Crippen MR) is 90.7 cm³/mol. The fourth-order valence-electron chi connectivity index (χ4n) is 2.12. The van der Waals surface area contributed by atoms with Gasteiger partial charge in [0, 0.05) is 0 Å². The van der Waals surface area contributed by atoms with Crippen LogP contribution in [-0.4, -0.2) is 15.7 Å². The zero-order valence-corrected chi connectivity index (χ0v) is 13.0. The van der Waals surface area contributed by atoms with Crippen molar-refractivity contribution in [1.82, 2.24) is 9.97 Å². The van der Waals surface area contributed by atoms with Crippen molar-refractivity contribution in [2.24, 2.45) is 0 Å². The van der Waals surface area contributed by atoms with E-state index >= 15 is 0 Å². The number of hydrogen-bond acceptors (Lipinski definition) is 4. The van der Waals surface area contributed by atoms with Crippen molar-refractivity contribution in [3.05, 3.63) is 64.7 Å². The van der Waals surface area contributed by atoms with Gasteiger partial charge in [-0.25, -0.2) is 4.98 Å². The van der Waals surface area contributed by atoms with Crippen LogP contribution >= 0.6 is 11.8 Å². The summed E-state index contributed by atoms with van der Waals surface area (Å²) in [5.74, 6) is 3.78. The maximum absolute atomic E-state index is 12.2. The number of nitrogens with one attached hydrogen (secondary N) is 1. The Kier molecular flexibility index (Phi) is 4.44.